The Morgan fingerprint density at radius 3 is 2.55 bits per heavy atom. The van der Waals surface area contributed by atoms with Crippen LogP contribution in [-0.2, 0) is 0 Å². The molecule has 2 aromatic rings. The molecule has 0 aliphatic rings. The molecule has 1 unspecified atom stereocenters. The van der Waals surface area contributed by atoms with Gasteiger partial charge in [0.2, 0.25) is 0 Å². The third kappa shape index (κ3) is 3.05. The molecule has 0 amide bonds. The van der Waals surface area contributed by atoms with E-state index in [1.54, 1.807) is 6.07 Å². The van der Waals surface area contributed by atoms with E-state index < -0.39 is 5.38 Å². The largest absolute Gasteiger partial charge is 0.496 e. The van der Waals surface area contributed by atoms with Crippen LogP contribution in [0.5, 0.6) is 11.5 Å². The van der Waals surface area contributed by atoms with Crippen molar-refractivity contribution in [2.24, 2.45) is 0 Å². The van der Waals surface area contributed by atoms with Gasteiger partial charge in [0.1, 0.15) is 17.3 Å². The quantitative estimate of drug-likeness (QED) is 0.753. The maximum atomic E-state index is 13.5. The fraction of sp³-hybridized carbons (Fsp3) is 0.250. The van der Waals surface area contributed by atoms with Gasteiger partial charge in [0.25, 0.3) is 0 Å². The van der Waals surface area contributed by atoms with E-state index in [4.69, 9.17) is 21.1 Å². The molecular weight excluding hydrogens is 279 g/mol. The Labute approximate surface area is 123 Å². The normalized spacial score (nSPS) is 12.0. The molecule has 0 spiro atoms. The van der Waals surface area contributed by atoms with Crippen LogP contribution in [-0.4, -0.2) is 13.7 Å². The number of alkyl halides is 1. The second-order valence-electron chi connectivity index (χ2n) is 4.22. The standard InChI is InChI=1S/C16H16ClFO2/c1-3-20-15-7-5-4-6-12(15)16(17)13-10-11(18)8-9-14(13)19-2/h4-10,16H,3H2,1-2H3. The van der Waals surface area contributed by atoms with Crippen molar-refractivity contribution < 1.29 is 13.9 Å². The summed E-state index contributed by atoms with van der Waals surface area (Å²) in [6, 6.07) is 11.8. The Hall–Kier alpha value is -1.74. The summed E-state index contributed by atoms with van der Waals surface area (Å²) < 4.78 is 24.3. The van der Waals surface area contributed by atoms with Crippen LogP contribution >= 0.6 is 11.6 Å². The Kier molecular flexibility index (Phi) is 4.85. The highest BCUT2D eigenvalue weighted by Gasteiger charge is 2.20. The van der Waals surface area contributed by atoms with Crippen molar-refractivity contribution in [3.63, 3.8) is 0 Å². The molecule has 0 fully saturated rings. The maximum Gasteiger partial charge on any atom is 0.124 e. The second-order valence-corrected chi connectivity index (χ2v) is 4.66. The van der Waals surface area contributed by atoms with E-state index in [9.17, 15) is 4.39 Å². The van der Waals surface area contributed by atoms with Gasteiger partial charge in [0.15, 0.2) is 0 Å². The van der Waals surface area contributed by atoms with Crippen LogP contribution in [0.15, 0.2) is 42.5 Å². The van der Waals surface area contributed by atoms with Gasteiger partial charge in [-0.2, -0.15) is 0 Å². The molecule has 0 aliphatic carbocycles. The summed E-state index contributed by atoms with van der Waals surface area (Å²) in [6.07, 6.45) is 0. The van der Waals surface area contributed by atoms with E-state index in [-0.39, 0.29) is 5.82 Å². The average Bonchev–Trinajstić information content (AvgIpc) is 2.47. The van der Waals surface area contributed by atoms with Gasteiger partial charge >= 0.3 is 0 Å². The van der Waals surface area contributed by atoms with Crippen molar-refractivity contribution in [2.45, 2.75) is 12.3 Å². The first kappa shape index (κ1) is 14.7. The van der Waals surface area contributed by atoms with Crippen LogP contribution in [0.2, 0.25) is 0 Å². The monoisotopic (exact) mass is 294 g/mol. The lowest BCUT2D eigenvalue weighted by atomic mass is 10.0. The topological polar surface area (TPSA) is 18.5 Å². The summed E-state index contributed by atoms with van der Waals surface area (Å²) >= 11 is 6.50. The molecule has 4 heteroatoms. The minimum Gasteiger partial charge on any atom is -0.496 e. The third-order valence-corrected chi connectivity index (χ3v) is 3.43. The summed E-state index contributed by atoms with van der Waals surface area (Å²) in [5, 5.41) is -0.539. The van der Waals surface area contributed by atoms with E-state index in [1.165, 1.54) is 19.2 Å². The van der Waals surface area contributed by atoms with E-state index in [1.807, 2.05) is 31.2 Å². The second kappa shape index (κ2) is 6.62. The van der Waals surface area contributed by atoms with E-state index >= 15 is 0 Å². The lowest BCUT2D eigenvalue weighted by Crippen LogP contribution is -2.02. The van der Waals surface area contributed by atoms with Crippen molar-refractivity contribution in [1.29, 1.82) is 0 Å². The van der Waals surface area contributed by atoms with Gasteiger partial charge in [-0.3, -0.25) is 0 Å². The molecule has 1 atom stereocenters. The van der Waals surface area contributed by atoms with Crippen molar-refractivity contribution in [1.82, 2.24) is 0 Å². The van der Waals surface area contributed by atoms with Crippen molar-refractivity contribution >= 4 is 11.6 Å². The number of hydrogen-bond donors (Lipinski definition) is 0. The molecule has 0 radical (unpaired) electrons. The molecule has 0 aromatic heterocycles. The van der Waals surface area contributed by atoms with Crippen LogP contribution in [0.25, 0.3) is 0 Å². The average molecular weight is 295 g/mol. The van der Waals surface area contributed by atoms with Gasteiger partial charge in [0, 0.05) is 11.1 Å². The highest BCUT2D eigenvalue weighted by Crippen LogP contribution is 2.39. The third-order valence-electron chi connectivity index (χ3n) is 2.96. The molecule has 2 aromatic carbocycles. The highest BCUT2D eigenvalue weighted by atomic mass is 35.5. The number of benzene rings is 2. The smallest absolute Gasteiger partial charge is 0.124 e. The molecular formula is C16H16ClFO2. The van der Waals surface area contributed by atoms with E-state index in [0.29, 0.717) is 23.7 Å². The first-order valence-electron chi connectivity index (χ1n) is 6.36. The molecule has 0 saturated heterocycles. The lowest BCUT2D eigenvalue weighted by Gasteiger charge is -2.17. The molecule has 0 bridgehead atoms. The van der Waals surface area contributed by atoms with Gasteiger partial charge in [-0.15, -0.1) is 11.6 Å². The molecule has 2 nitrogen and oxygen atoms in total. The molecule has 0 saturated carbocycles. The minimum atomic E-state index is -0.539. The maximum absolute atomic E-state index is 13.5. The van der Waals surface area contributed by atoms with E-state index in [0.717, 1.165) is 5.56 Å². The Balaban J connectivity index is 2.45. The fourth-order valence-corrected chi connectivity index (χ4v) is 2.40. The first-order chi connectivity index (χ1) is 9.67. The zero-order valence-electron chi connectivity index (χ0n) is 11.4. The number of hydrogen-bond acceptors (Lipinski definition) is 2. The summed E-state index contributed by atoms with van der Waals surface area (Å²) in [6.45, 7) is 2.45. The Morgan fingerprint density at radius 1 is 1.10 bits per heavy atom. The minimum absolute atomic E-state index is 0.347. The van der Waals surface area contributed by atoms with Crippen LogP contribution in [0, 0.1) is 5.82 Å². The van der Waals surface area contributed by atoms with Crippen molar-refractivity contribution in [3.8, 4) is 11.5 Å². The zero-order chi connectivity index (χ0) is 14.5. The van der Waals surface area contributed by atoms with Gasteiger partial charge in [0.05, 0.1) is 19.1 Å². The van der Waals surface area contributed by atoms with E-state index in [2.05, 4.69) is 0 Å². The predicted molar refractivity (Wildman–Crippen MR) is 78.3 cm³/mol. The number of ether oxygens (including phenoxy) is 2. The molecule has 20 heavy (non-hydrogen) atoms. The van der Waals surface area contributed by atoms with Gasteiger partial charge < -0.3 is 9.47 Å². The number of para-hydroxylation sites is 1. The molecule has 0 aliphatic heterocycles. The Morgan fingerprint density at radius 2 is 1.85 bits per heavy atom. The van der Waals surface area contributed by atoms with Crippen LogP contribution in [0.4, 0.5) is 4.39 Å². The zero-order valence-corrected chi connectivity index (χ0v) is 12.2. The summed E-state index contributed by atoms with van der Waals surface area (Å²) in [5.41, 5.74) is 1.38. The lowest BCUT2D eigenvalue weighted by molar-refractivity contribution is 0.336. The van der Waals surface area contributed by atoms with Crippen LogP contribution < -0.4 is 9.47 Å². The number of methoxy groups -OCH3 is 1. The van der Waals surface area contributed by atoms with Crippen LogP contribution in [0.1, 0.15) is 23.4 Å². The SMILES string of the molecule is CCOc1ccccc1C(Cl)c1cc(F)ccc1OC. The molecule has 2 rings (SSSR count). The van der Waals surface area contributed by atoms with Gasteiger partial charge in [-0.05, 0) is 31.2 Å². The van der Waals surface area contributed by atoms with Gasteiger partial charge in [-0.1, -0.05) is 18.2 Å². The van der Waals surface area contributed by atoms with Crippen molar-refractivity contribution in [3.05, 3.63) is 59.4 Å². The molecule has 0 heterocycles. The molecule has 106 valence electrons. The highest BCUT2D eigenvalue weighted by molar-refractivity contribution is 6.23. The summed E-state index contributed by atoms with van der Waals surface area (Å²) in [4.78, 5) is 0. The number of rotatable bonds is 5. The first-order valence-corrected chi connectivity index (χ1v) is 6.80. The Bertz CT molecular complexity index is 586. The molecule has 0 N–H and O–H groups in total. The van der Waals surface area contributed by atoms with Crippen molar-refractivity contribution in [2.75, 3.05) is 13.7 Å². The number of halogens is 2. The summed E-state index contributed by atoms with van der Waals surface area (Å²) in [5.74, 6) is 0.902. The van der Waals surface area contributed by atoms with Crippen LogP contribution in [0.3, 0.4) is 0 Å². The predicted octanol–water partition coefficient (Wildman–Crippen LogP) is 4.56. The van der Waals surface area contributed by atoms with Gasteiger partial charge in [-0.25, -0.2) is 4.39 Å². The fourth-order valence-electron chi connectivity index (χ4n) is 2.05. The summed E-state index contributed by atoms with van der Waals surface area (Å²) in [7, 11) is 1.54.